The fourth-order valence-electron chi connectivity index (χ4n) is 3.33. The molecule has 0 unspecified atom stereocenters. The van der Waals surface area contributed by atoms with Crippen LogP contribution in [0.3, 0.4) is 0 Å². The topological polar surface area (TPSA) is 79.0 Å². The van der Waals surface area contributed by atoms with Crippen molar-refractivity contribution in [3.8, 4) is 0 Å². The Labute approximate surface area is 185 Å². The molecule has 156 valence electrons. The maximum Gasteiger partial charge on any atom is 0.265 e. The average molecular weight is 463 g/mol. The van der Waals surface area contributed by atoms with Gasteiger partial charge in [0.05, 0.1) is 0 Å². The molecule has 2 N–H and O–H groups in total. The van der Waals surface area contributed by atoms with Crippen LogP contribution < -0.4 is 4.72 Å². The first-order chi connectivity index (χ1) is 14.2. The third kappa shape index (κ3) is 4.72. The van der Waals surface area contributed by atoms with Crippen molar-refractivity contribution in [3.05, 3.63) is 80.3 Å². The van der Waals surface area contributed by atoms with Crippen LogP contribution in [0.1, 0.15) is 40.0 Å². The lowest BCUT2D eigenvalue weighted by molar-refractivity contribution is 0.0982. The standard InChI is InChI=1S/C22H20Cl2N2O3S/c1-13-18(10-15-4-6-17(23)12-20(15)24)19-11-16(5-7-21(19)25-13)22(27)26-30(28,29)9-8-14-2-3-14/h4-9,11-12,14,25H,2-3,10H2,1H3,(H,26,27). The van der Waals surface area contributed by atoms with E-state index in [4.69, 9.17) is 23.2 Å². The molecule has 0 atom stereocenters. The normalized spacial score (nSPS) is 14.5. The molecular formula is C22H20Cl2N2O3S. The summed E-state index contributed by atoms with van der Waals surface area (Å²) in [5, 5.41) is 3.06. The Morgan fingerprint density at radius 2 is 1.97 bits per heavy atom. The summed E-state index contributed by atoms with van der Waals surface area (Å²) in [5.74, 6) is -0.357. The maximum atomic E-state index is 12.6. The molecule has 0 bridgehead atoms. The Balaban J connectivity index is 1.63. The average Bonchev–Trinajstić information content (AvgIpc) is 3.45. The number of halogens is 2. The zero-order valence-corrected chi connectivity index (χ0v) is 18.5. The van der Waals surface area contributed by atoms with Gasteiger partial charge < -0.3 is 4.98 Å². The molecule has 0 saturated heterocycles. The van der Waals surface area contributed by atoms with Gasteiger partial charge in [-0.2, -0.15) is 0 Å². The van der Waals surface area contributed by atoms with Crippen LogP contribution in [0.4, 0.5) is 0 Å². The van der Waals surface area contributed by atoms with Gasteiger partial charge in [0.25, 0.3) is 15.9 Å². The summed E-state index contributed by atoms with van der Waals surface area (Å²) in [6.07, 6.45) is 4.16. The van der Waals surface area contributed by atoms with Crippen molar-refractivity contribution in [1.29, 1.82) is 0 Å². The van der Waals surface area contributed by atoms with Crippen LogP contribution in [0.15, 0.2) is 47.9 Å². The molecular weight excluding hydrogens is 443 g/mol. The second kappa shape index (κ2) is 8.10. The fourth-order valence-corrected chi connectivity index (χ4v) is 4.68. The second-order valence-electron chi connectivity index (χ2n) is 7.54. The van der Waals surface area contributed by atoms with E-state index in [-0.39, 0.29) is 5.56 Å². The number of nitrogens with one attached hydrogen (secondary N) is 2. The fraction of sp³-hybridized carbons (Fsp3) is 0.227. The van der Waals surface area contributed by atoms with Crippen molar-refractivity contribution in [2.45, 2.75) is 26.2 Å². The number of aromatic amines is 1. The SMILES string of the molecule is Cc1[nH]c2ccc(C(=O)NS(=O)(=O)C=CC3CC3)cc2c1Cc1ccc(Cl)cc1Cl. The molecule has 1 amide bonds. The number of hydrogen-bond acceptors (Lipinski definition) is 3. The first-order valence-electron chi connectivity index (χ1n) is 9.52. The van der Waals surface area contributed by atoms with Crippen molar-refractivity contribution in [1.82, 2.24) is 9.71 Å². The van der Waals surface area contributed by atoms with E-state index in [9.17, 15) is 13.2 Å². The predicted molar refractivity (Wildman–Crippen MR) is 121 cm³/mol. The van der Waals surface area contributed by atoms with Gasteiger partial charge in [-0.3, -0.25) is 4.79 Å². The third-order valence-electron chi connectivity index (χ3n) is 5.15. The molecule has 3 aromatic rings. The van der Waals surface area contributed by atoms with E-state index in [1.165, 1.54) is 0 Å². The smallest absolute Gasteiger partial charge is 0.265 e. The number of hydrogen-bond donors (Lipinski definition) is 2. The number of benzene rings is 2. The molecule has 8 heteroatoms. The summed E-state index contributed by atoms with van der Waals surface area (Å²) in [7, 11) is -3.82. The number of rotatable bonds is 6. The van der Waals surface area contributed by atoms with Crippen molar-refractivity contribution in [2.24, 2.45) is 5.92 Å². The van der Waals surface area contributed by atoms with Crippen LogP contribution in [0, 0.1) is 12.8 Å². The third-order valence-corrected chi connectivity index (χ3v) is 6.72. The molecule has 1 aliphatic rings. The highest BCUT2D eigenvalue weighted by Gasteiger charge is 2.20. The van der Waals surface area contributed by atoms with Crippen molar-refractivity contribution < 1.29 is 13.2 Å². The molecule has 1 aliphatic carbocycles. The maximum absolute atomic E-state index is 12.6. The highest BCUT2D eigenvalue weighted by molar-refractivity contribution is 7.92. The molecule has 0 spiro atoms. The molecule has 1 aromatic heterocycles. The van der Waals surface area contributed by atoms with E-state index >= 15 is 0 Å². The van der Waals surface area contributed by atoms with E-state index < -0.39 is 15.9 Å². The zero-order valence-electron chi connectivity index (χ0n) is 16.2. The van der Waals surface area contributed by atoms with E-state index in [1.807, 2.05) is 13.0 Å². The molecule has 1 saturated carbocycles. The minimum absolute atomic E-state index is 0.272. The summed E-state index contributed by atoms with van der Waals surface area (Å²) in [6, 6.07) is 10.4. The van der Waals surface area contributed by atoms with E-state index in [2.05, 4.69) is 9.71 Å². The number of H-pyrrole nitrogens is 1. The molecule has 1 fully saturated rings. The van der Waals surface area contributed by atoms with Gasteiger partial charge in [0.1, 0.15) is 0 Å². The minimum atomic E-state index is -3.82. The van der Waals surface area contributed by atoms with Crippen LogP contribution in [0.25, 0.3) is 10.9 Å². The van der Waals surface area contributed by atoms with Crippen LogP contribution in [0.2, 0.25) is 10.0 Å². The van der Waals surface area contributed by atoms with Gasteiger partial charge in [-0.1, -0.05) is 35.3 Å². The number of amides is 1. The van der Waals surface area contributed by atoms with Crippen LogP contribution >= 0.6 is 23.2 Å². The summed E-state index contributed by atoms with van der Waals surface area (Å²) >= 11 is 12.3. The molecule has 4 rings (SSSR count). The van der Waals surface area contributed by atoms with Gasteiger partial charge in [0, 0.05) is 44.0 Å². The number of sulfonamides is 1. The summed E-state index contributed by atoms with van der Waals surface area (Å²) in [6.45, 7) is 1.95. The summed E-state index contributed by atoms with van der Waals surface area (Å²) in [4.78, 5) is 15.9. The number of aryl methyl sites for hydroxylation is 1. The quantitative estimate of drug-likeness (QED) is 0.517. The highest BCUT2D eigenvalue weighted by Crippen LogP contribution is 2.31. The van der Waals surface area contributed by atoms with Gasteiger partial charge in [-0.15, -0.1) is 0 Å². The number of fused-ring (bicyclic) bond motifs is 1. The number of allylic oxidation sites excluding steroid dienone is 1. The molecule has 2 aromatic carbocycles. The Kier molecular flexibility index (Phi) is 5.66. The van der Waals surface area contributed by atoms with Gasteiger partial charge >= 0.3 is 0 Å². The van der Waals surface area contributed by atoms with Gasteiger partial charge in [-0.25, -0.2) is 13.1 Å². The minimum Gasteiger partial charge on any atom is -0.358 e. The lowest BCUT2D eigenvalue weighted by Crippen LogP contribution is -2.28. The first kappa shape index (κ1) is 21.0. The molecule has 1 heterocycles. The lowest BCUT2D eigenvalue weighted by Gasteiger charge is -2.07. The molecule has 0 aliphatic heterocycles. The van der Waals surface area contributed by atoms with Crippen LogP contribution in [0.5, 0.6) is 0 Å². The Bertz CT molecular complexity index is 1280. The Hall–Kier alpha value is -2.28. The van der Waals surface area contributed by atoms with Gasteiger partial charge in [-0.05, 0) is 67.1 Å². The number of carbonyl (C=O) groups excluding carboxylic acids is 1. The first-order valence-corrected chi connectivity index (χ1v) is 11.8. The monoisotopic (exact) mass is 462 g/mol. The predicted octanol–water partition coefficient (Wildman–Crippen LogP) is 5.36. The van der Waals surface area contributed by atoms with Gasteiger partial charge in [0.15, 0.2) is 0 Å². The number of aromatic nitrogens is 1. The second-order valence-corrected chi connectivity index (χ2v) is 9.95. The van der Waals surface area contributed by atoms with Crippen LogP contribution in [-0.2, 0) is 16.4 Å². The van der Waals surface area contributed by atoms with E-state index in [0.29, 0.717) is 22.4 Å². The lowest BCUT2D eigenvalue weighted by atomic mass is 10.0. The van der Waals surface area contributed by atoms with Crippen molar-refractivity contribution in [2.75, 3.05) is 0 Å². The van der Waals surface area contributed by atoms with Crippen molar-refractivity contribution in [3.63, 3.8) is 0 Å². The zero-order chi connectivity index (χ0) is 21.5. The van der Waals surface area contributed by atoms with E-state index in [1.54, 1.807) is 36.4 Å². The number of carbonyl (C=O) groups is 1. The van der Waals surface area contributed by atoms with E-state index in [0.717, 1.165) is 46.0 Å². The van der Waals surface area contributed by atoms with Gasteiger partial charge in [0.2, 0.25) is 0 Å². The Morgan fingerprint density at radius 3 is 2.67 bits per heavy atom. The summed E-state index contributed by atoms with van der Waals surface area (Å²) < 4.78 is 26.4. The summed E-state index contributed by atoms with van der Waals surface area (Å²) in [5.41, 5.74) is 3.98. The van der Waals surface area contributed by atoms with Crippen molar-refractivity contribution >= 4 is 50.0 Å². The van der Waals surface area contributed by atoms with Crippen LogP contribution in [-0.4, -0.2) is 19.3 Å². The Morgan fingerprint density at radius 1 is 1.20 bits per heavy atom. The highest BCUT2D eigenvalue weighted by atomic mass is 35.5. The molecule has 0 radical (unpaired) electrons. The largest absolute Gasteiger partial charge is 0.358 e. The molecule has 30 heavy (non-hydrogen) atoms. The molecule has 5 nitrogen and oxygen atoms in total.